The molecule has 1 rings (SSSR count). The zero-order valence-electron chi connectivity index (χ0n) is 12.0. The molecule has 0 bridgehead atoms. The van der Waals surface area contributed by atoms with Gasteiger partial charge in [-0.05, 0) is 39.8 Å². The van der Waals surface area contributed by atoms with Gasteiger partial charge < -0.3 is 5.11 Å². The molecule has 0 saturated heterocycles. The van der Waals surface area contributed by atoms with Crippen LogP contribution >= 0.6 is 7.26 Å². The smallest absolute Gasteiger partial charge is 0.335 e. The summed E-state index contributed by atoms with van der Waals surface area (Å²) in [5.74, 6) is -0.879. The minimum Gasteiger partial charge on any atom is -0.478 e. The van der Waals surface area contributed by atoms with Crippen molar-refractivity contribution in [1.82, 2.24) is 0 Å². The maximum atomic E-state index is 10.2. The Morgan fingerprint density at radius 2 is 1.33 bits per heavy atom. The lowest BCUT2D eigenvalue weighted by molar-refractivity contribution is 0.0697. The van der Waals surface area contributed by atoms with E-state index in [1.54, 1.807) is 30.3 Å². The van der Waals surface area contributed by atoms with Gasteiger partial charge in [0.05, 0.1) is 30.2 Å². The van der Waals surface area contributed by atoms with E-state index in [1.165, 1.54) is 24.6 Å². The summed E-state index contributed by atoms with van der Waals surface area (Å²) in [6, 6.07) is 8.30. The van der Waals surface area contributed by atoms with Gasteiger partial charge in [-0.25, -0.2) is 4.79 Å². The van der Waals surface area contributed by atoms with Gasteiger partial charge in [-0.2, -0.15) is 0 Å². The topological polar surface area (TPSA) is 37.3 Å². The maximum absolute atomic E-state index is 10.2. The summed E-state index contributed by atoms with van der Waals surface area (Å²) in [6.07, 6.45) is 5.82. The first-order chi connectivity index (χ1) is 8.55. The lowest BCUT2D eigenvalue weighted by Gasteiger charge is -2.20. The Hall–Kier alpha value is -0.880. The average Bonchev–Trinajstić information content (AvgIpc) is 2.44. The first kappa shape index (κ1) is 17.1. The first-order valence-electron chi connectivity index (χ1n) is 6.68. The van der Waals surface area contributed by atoms with Crippen LogP contribution in [-0.2, 0) is 0 Å². The summed E-state index contributed by atoms with van der Waals surface area (Å²) in [5, 5.41) is 8.38. The minimum atomic E-state index is -0.879. The largest absolute Gasteiger partial charge is 0.478 e. The van der Waals surface area contributed by atoms with Crippen LogP contribution in [0.25, 0.3) is 0 Å². The highest BCUT2D eigenvalue weighted by Crippen LogP contribution is 2.57. The predicted molar refractivity (Wildman–Crippen MR) is 82.5 cm³/mol. The van der Waals surface area contributed by atoms with E-state index >= 15 is 0 Å². The van der Waals surface area contributed by atoms with Crippen LogP contribution in [0.1, 0.15) is 38.1 Å². The van der Waals surface area contributed by atoms with Crippen LogP contribution in [0.3, 0.4) is 0 Å². The number of carboxylic acid groups (broad SMARTS) is 1. The number of benzene rings is 1. The fourth-order valence-electron chi connectivity index (χ4n) is 1.92. The van der Waals surface area contributed by atoms with Crippen molar-refractivity contribution >= 4 is 13.2 Å². The number of carbonyl (C=O) groups is 1. The molecule has 1 N–H and O–H groups in total. The third-order valence-electron chi connectivity index (χ3n) is 3.70. The van der Waals surface area contributed by atoms with Crippen molar-refractivity contribution in [3.05, 3.63) is 35.9 Å². The zero-order chi connectivity index (χ0) is 14.0. The van der Waals surface area contributed by atoms with Crippen molar-refractivity contribution < 1.29 is 9.90 Å². The molecule has 0 aliphatic carbocycles. The van der Waals surface area contributed by atoms with Crippen LogP contribution in [0.4, 0.5) is 0 Å². The van der Waals surface area contributed by atoms with Gasteiger partial charge in [-0.3, -0.25) is 0 Å². The Bertz CT molecular complexity index is 314. The molecule has 0 spiro atoms. The second-order valence-corrected chi connectivity index (χ2v) is 9.49. The summed E-state index contributed by atoms with van der Waals surface area (Å²) in [7, 11) is -0.420. The summed E-state index contributed by atoms with van der Waals surface area (Å²) in [5.41, 5.74) is 0.331. The van der Waals surface area contributed by atoms with Crippen molar-refractivity contribution in [2.75, 3.05) is 24.6 Å². The van der Waals surface area contributed by atoms with Crippen molar-refractivity contribution in [1.29, 1.82) is 0 Å². The van der Waals surface area contributed by atoms with Crippen molar-refractivity contribution in [2.45, 2.75) is 27.7 Å². The molecule has 2 nitrogen and oxygen atoms in total. The van der Waals surface area contributed by atoms with Crippen molar-refractivity contribution in [3.8, 4) is 0 Å². The van der Waals surface area contributed by atoms with Crippen molar-refractivity contribution in [2.24, 2.45) is 0 Å². The van der Waals surface area contributed by atoms with Crippen LogP contribution in [0.15, 0.2) is 30.3 Å². The number of carboxylic acids is 1. The molecule has 0 aliphatic rings. The Labute approximate surface area is 112 Å². The van der Waals surface area contributed by atoms with E-state index in [-0.39, 0.29) is 0 Å². The fraction of sp³-hybridized carbons (Fsp3) is 0.533. The second-order valence-electron chi connectivity index (χ2n) is 4.28. The number of rotatable bonds is 5. The van der Waals surface area contributed by atoms with Gasteiger partial charge in [0.25, 0.3) is 0 Å². The first-order valence-corrected chi connectivity index (χ1v) is 9.21. The third-order valence-corrected chi connectivity index (χ3v) is 9.07. The highest BCUT2D eigenvalue weighted by molar-refractivity contribution is 7.75. The number of hydrogen-bond acceptors (Lipinski definition) is 1. The predicted octanol–water partition coefficient (Wildman–Crippen LogP) is 4.47. The van der Waals surface area contributed by atoms with E-state index in [0.29, 0.717) is 5.56 Å². The van der Waals surface area contributed by atoms with Gasteiger partial charge in [0, 0.05) is 7.26 Å². The van der Waals surface area contributed by atoms with Crippen LogP contribution in [-0.4, -0.2) is 35.7 Å². The normalized spacial score (nSPS) is 10.4. The highest BCUT2D eigenvalue weighted by atomic mass is 31.2. The summed E-state index contributed by atoms with van der Waals surface area (Å²) in [4.78, 5) is 10.2. The highest BCUT2D eigenvalue weighted by Gasteiger charge is 2.27. The lowest BCUT2D eigenvalue weighted by atomic mass is 10.2. The zero-order valence-corrected chi connectivity index (χ0v) is 12.9. The van der Waals surface area contributed by atoms with E-state index in [0.717, 1.165) is 0 Å². The molecular weight excluding hydrogens is 243 g/mol. The Morgan fingerprint density at radius 1 is 0.944 bits per heavy atom. The van der Waals surface area contributed by atoms with Gasteiger partial charge in [-0.15, -0.1) is 0 Å². The second kappa shape index (κ2) is 9.10. The molecule has 0 atom stereocenters. The summed E-state index contributed by atoms with van der Waals surface area (Å²) >= 11 is 0. The molecule has 1 aromatic carbocycles. The summed E-state index contributed by atoms with van der Waals surface area (Å²) < 4.78 is 0. The molecule has 0 aromatic heterocycles. The maximum Gasteiger partial charge on any atom is 0.335 e. The van der Waals surface area contributed by atoms with Crippen LogP contribution < -0.4 is 0 Å². The quantitative estimate of drug-likeness (QED) is 0.801. The van der Waals surface area contributed by atoms with Gasteiger partial charge in [0.15, 0.2) is 0 Å². The van der Waals surface area contributed by atoms with Gasteiger partial charge >= 0.3 is 5.97 Å². The average molecular weight is 269 g/mol. The van der Waals surface area contributed by atoms with Crippen molar-refractivity contribution in [3.63, 3.8) is 0 Å². The number of aromatic carboxylic acids is 1. The van der Waals surface area contributed by atoms with E-state index in [4.69, 9.17) is 5.11 Å². The monoisotopic (exact) mass is 269 g/mol. The van der Waals surface area contributed by atoms with E-state index < -0.39 is 13.2 Å². The van der Waals surface area contributed by atoms with Crippen LogP contribution in [0.2, 0.25) is 0 Å². The molecular formula is C15H26O2P+. The Balaban J connectivity index is 0.000000321. The SMILES string of the molecule is CC[P+](CC)(CC)CC.O=C(O)c1ccccc1. The molecule has 0 unspecified atom stereocenters. The van der Waals surface area contributed by atoms with Crippen LogP contribution in [0.5, 0.6) is 0 Å². The van der Waals surface area contributed by atoms with Gasteiger partial charge in [-0.1, -0.05) is 18.2 Å². The third kappa shape index (κ3) is 5.64. The van der Waals surface area contributed by atoms with E-state index in [1.807, 2.05) is 0 Å². The number of hydrogen-bond donors (Lipinski definition) is 1. The standard InChI is InChI=1S/C8H20P.C7H6O2/c1-5-9(6-2,7-3)8-4;8-7(9)6-4-2-1-3-5-6/h5-8H2,1-4H3;1-5H,(H,8,9)/q+1;. The van der Waals surface area contributed by atoms with E-state index in [2.05, 4.69) is 27.7 Å². The lowest BCUT2D eigenvalue weighted by Crippen LogP contribution is -2.04. The molecule has 0 amide bonds. The molecule has 0 radical (unpaired) electrons. The molecule has 102 valence electrons. The molecule has 18 heavy (non-hydrogen) atoms. The van der Waals surface area contributed by atoms with E-state index in [9.17, 15) is 4.79 Å². The molecule has 3 heteroatoms. The van der Waals surface area contributed by atoms with Gasteiger partial charge in [0.1, 0.15) is 0 Å². The molecule has 0 fully saturated rings. The minimum absolute atomic E-state index is 0.331. The molecule has 0 saturated carbocycles. The Kier molecular flexibility index (Phi) is 8.66. The summed E-state index contributed by atoms with van der Waals surface area (Å²) in [6.45, 7) is 9.41. The molecule has 1 aromatic rings. The molecule has 0 aliphatic heterocycles. The fourth-order valence-corrected chi connectivity index (χ4v) is 4.61. The van der Waals surface area contributed by atoms with Gasteiger partial charge in [0.2, 0.25) is 0 Å². The Morgan fingerprint density at radius 3 is 1.50 bits per heavy atom. The molecule has 0 heterocycles. The van der Waals surface area contributed by atoms with Crippen LogP contribution in [0, 0.1) is 0 Å².